The highest BCUT2D eigenvalue weighted by Crippen LogP contribution is 2.28. The molecule has 0 radical (unpaired) electrons. The lowest BCUT2D eigenvalue weighted by Crippen LogP contribution is -2.47. The average molecular weight is 310 g/mol. The molecule has 0 aromatic carbocycles. The second-order valence-corrected chi connectivity index (χ2v) is 6.55. The zero-order valence-corrected chi connectivity index (χ0v) is 13.4. The average Bonchev–Trinajstić information content (AvgIpc) is 2.85. The van der Waals surface area contributed by atoms with Gasteiger partial charge in [0.15, 0.2) is 0 Å². The minimum atomic E-state index is -0.467. The fraction of sp³-hybridized carbons (Fsp3) is 0.600. The molecule has 6 heteroatoms. The van der Waals surface area contributed by atoms with Crippen LogP contribution in [0.3, 0.4) is 0 Å². The number of ether oxygens (including phenoxy) is 1. The van der Waals surface area contributed by atoms with Gasteiger partial charge in [0.2, 0.25) is 11.8 Å². The molecule has 1 fully saturated rings. The Labute approximate surface area is 129 Å². The van der Waals surface area contributed by atoms with Gasteiger partial charge in [-0.2, -0.15) is 0 Å². The molecular formula is C15H22N2O3S. The summed E-state index contributed by atoms with van der Waals surface area (Å²) in [5.41, 5.74) is 0. The van der Waals surface area contributed by atoms with E-state index in [9.17, 15) is 9.90 Å². The molecule has 2 atom stereocenters. The molecule has 21 heavy (non-hydrogen) atoms. The molecule has 0 spiro atoms. The molecule has 1 aliphatic rings. The SMILES string of the molecule is C=CC(=O)N(Cc1nc(OC)c(C)s1)[C@@H]1CCCC[C@H]1O. The lowest BCUT2D eigenvalue weighted by Gasteiger charge is -2.36. The van der Waals surface area contributed by atoms with Crippen LogP contribution >= 0.6 is 11.3 Å². The van der Waals surface area contributed by atoms with Gasteiger partial charge in [0.05, 0.1) is 30.7 Å². The number of nitrogens with zero attached hydrogens (tertiary/aromatic N) is 2. The molecule has 1 N–H and O–H groups in total. The summed E-state index contributed by atoms with van der Waals surface area (Å²) in [5, 5.41) is 11.0. The molecule has 1 heterocycles. The van der Waals surface area contributed by atoms with Crippen LogP contribution < -0.4 is 4.74 Å². The Bertz CT molecular complexity index is 515. The van der Waals surface area contributed by atoms with E-state index in [0.717, 1.165) is 35.6 Å². The van der Waals surface area contributed by atoms with E-state index >= 15 is 0 Å². The fourth-order valence-corrected chi connectivity index (χ4v) is 3.67. The van der Waals surface area contributed by atoms with Crippen molar-refractivity contribution in [2.24, 2.45) is 0 Å². The molecule has 1 aliphatic carbocycles. The predicted molar refractivity (Wildman–Crippen MR) is 82.4 cm³/mol. The lowest BCUT2D eigenvalue weighted by molar-refractivity contribution is -0.132. The van der Waals surface area contributed by atoms with Crippen molar-refractivity contribution in [3.8, 4) is 5.88 Å². The van der Waals surface area contributed by atoms with Gasteiger partial charge in [-0.25, -0.2) is 4.98 Å². The number of aromatic nitrogens is 1. The van der Waals surface area contributed by atoms with Gasteiger partial charge in [0.25, 0.3) is 0 Å². The molecule has 0 unspecified atom stereocenters. The van der Waals surface area contributed by atoms with Crippen molar-refractivity contribution in [3.05, 3.63) is 22.5 Å². The van der Waals surface area contributed by atoms with Crippen LogP contribution in [0.25, 0.3) is 0 Å². The van der Waals surface area contributed by atoms with Gasteiger partial charge in [-0.05, 0) is 25.8 Å². The summed E-state index contributed by atoms with van der Waals surface area (Å²) in [6, 6.07) is -0.153. The third-order valence-corrected chi connectivity index (χ3v) is 4.79. The van der Waals surface area contributed by atoms with E-state index in [-0.39, 0.29) is 11.9 Å². The number of methoxy groups -OCH3 is 1. The number of hydrogen-bond acceptors (Lipinski definition) is 5. The van der Waals surface area contributed by atoms with Crippen LogP contribution in [0, 0.1) is 6.92 Å². The number of aliphatic hydroxyl groups is 1. The molecule has 1 saturated carbocycles. The van der Waals surface area contributed by atoms with Gasteiger partial charge < -0.3 is 14.7 Å². The van der Waals surface area contributed by atoms with Crippen molar-refractivity contribution in [1.82, 2.24) is 9.88 Å². The lowest BCUT2D eigenvalue weighted by atomic mass is 9.91. The van der Waals surface area contributed by atoms with E-state index in [1.165, 1.54) is 17.4 Å². The van der Waals surface area contributed by atoms with Gasteiger partial charge >= 0.3 is 0 Å². The van der Waals surface area contributed by atoms with Crippen LogP contribution in [0.15, 0.2) is 12.7 Å². The standard InChI is InChI=1S/C15H22N2O3S/c1-4-14(19)17(11-7-5-6-8-12(11)18)9-13-16-15(20-3)10(2)21-13/h4,11-12,18H,1,5-9H2,2-3H3/t11-,12-/m1/s1. The Morgan fingerprint density at radius 1 is 1.57 bits per heavy atom. The first-order valence-corrected chi connectivity index (χ1v) is 7.99. The van der Waals surface area contributed by atoms with Crippen molar-refractivity contribution >= 4 is 17.2 Å². The Kier molecular flexibility index (Phi) is 5.36. The largest absolute Gasteiger partial charge is 0.480 e. The number of aryl methyl sites for hydroxylation is 1. The van der Waals surface area contributed by atoms with Crippen LogP contribution in [-0.2, 0) is 11.3 Å². The second kappa shape index (κ2) is 7.04. The summed E-state index contributed by atoms with van der Waals surface area (Å²) < 4.78 is 5.19. The van der Waals surface area contributed by atoms with Gasteiger partial charge in [-0.1, -0.05) is 19.4 Å². The minimum Gasteiger partial charge on any atom is -0.480 e. The number of thiazole rings is 1. The van der Waals surface area contributed by atoms with Gasteiger partial charge in [-0.3, -0.25) is 4.79 Å². The van der Waals surface area contributed by atoms with Crippen molar-refractivity contribution in [2.45, 2.75) is 51.3 Å². The van der Waals surface area contributed by atoms with E-state index < -0.39 is 6.10 Å². The zero-order chi connectivity index (χ0) is 15.4. The molecule has 1 aromatic rings. The minimum absolute atomic E-state index is 0.153. The summed E-state index contributed by atoms with van der Waals surface area (Å²) in [7, 11) is 1.59. The quantitative estimate of drug-likeness (QED) is 0.848. The highest BCUT2D eigenvalue weighted by atomic mass is 32.1. The van der Waals surface area contributed by atoms with Crippen LogP contribution in [0.1, 0.15) is 35.6 Å². The number of aliphatic hydroxyl groups excluding tert-OH is 1. The number of carbonyl (C=O) groups excluding carboxylic acids is 1. The third kappa shape index (κ3) is 3.63. The zero-order valence-electron chi connectivity index (χ0n) is 12.5. The van der Waals surface area contributed by atoms with Crippen LogP contribution in [0.2, 0.25) is 0 Å². The number of carbonyl (C=O) groups is 1. The maximum Gasteiger partial charge on any atom is 0.246 e. The maximum atomic E-state index is 12.2. The van der Waals surface area contributed by atoms with Gasteiger partial charge in [-0.15, -0.1) is 11.3 Å². The molecule has 1 aromatic heterocycles. The third-order valence-electron chi connectivity index (χ3n) is 3.85. The van der Waals surface area contributed by atoms with Crippen molar-refractivity contribution in [3.63, 3.8) is 0 Å². The van der Waals surface area contributed by atoms with E-state index in [4.69, 9.17) is 4.74 Å². The van der Waals surface area contributed by atoms with Gasteiger partial charge in [0.1, 0.15) is 5.01 Å². The summed E-state index contributed by atoms with van der Waals surface area (Å²) >= 11 is 1.51. The Morgan fingerprint density at radius 3 is 2.86 bits per heavy atom. The summed E-state index contributed by atoms with van der Waals surface area (Å²) in [6.07, 6.45) is 4.44. The number of amides is 1. The van der Waals surface area contributed by atoms with E-state index in [1.807, 2.05) is 6.92 Å². The molecule has 2 rings (SSSR count). The number of hydrogen-bond donors (Lipinski definition) is 1. The molecule has 0 bridgehead atoms. The predicted octanol–water partition coefficient (Wildman–Crippen LogP) is 2.28. The van der Waals surface area contributed by atoms with Crippen LogP contribution in [-0.4, -0.2) is 40.2 Å². The smallest absolute Gasteiger partial charge is 0.246 e. The Balaban J connectivity index is 2.19. The molecule has 0 saturated heterocycles. The summed E-state index contributed by atoms with van der Waals surface area (Å²) in [5.74, 6) is 0.443. The number of rotatable bonds is 5. The van der Waals surface area contributed by atoms with E-state index in [2.05, 4.69) is 11.6 Å². The molecule has 1 amide bonds. The Morgan fingerprint density at radius 2 is 2.29 bits per heavy atom. The van der Waals surface area contributed by atoms with Crippen molar-refractivity contribution < 1.29 is 14.6 Å². The molecule has 0 aliphatic heterocycles. The van der Waals surface area contributed by atoms with Crippen molar-refractivity contribution in [2.75, 3.05) is 7.11 Å². The monoisotopic (exact) mass is 310 g/mol. The summed E-state index contributed by atoms with van der Waals surface area (Å²) in [4.78, 5) is 19.2. The summed E-state index contributed by atoms with van der Waals surface area (Å²) in [6.45, 7) is 5.90. The second-order valence-electron chi connectivity index (χ2n) is 5.26. The first kappa shape index (κ1) is 16.0. The normalized spacial score (nSPS) is 21.9. The van der Waals surface area contributed by atoms with Crippen molar-refractivity contribution in [1.29, 1.82) is 0 Å². The fourth-order valence-electron chi connectivity index (χ4n) is 2.77. The molecular weight excluding hydrogens is 288 g/mol. The van der Waals surface area contributed by atoms with E-state index in [0.29, 0.717) is 12.4 Å². The van der Waals surface area contributed by atoms with Crippen LogP contribution in [0.5, 0.6) is 5.88 Å². The molecule has 116 valence electrons. The first-order chi connectivity index (χ1) is 10.1. The topological polar surface area (TPSA) is 62.7 Å². The van der Waals surface area contributed by atoms with E-state index in [1.54, 1.807) is 12.0 Å². The highest BCUT2D eigenvalue weighted by molar-refractivity contribution is 7.11. The molecule has 5 nitrogen and oxygen atoms in total. The maximum absolute atomic E-state index is 12.2. The van der Waals surface area contributed by atoms with Gasteiger partial charge in [0, 0.05) is 0 Å². The highest BCUT2D eigenvalue weighted by Gasteiger charge is 2.31. The van der Waals surface area contributed by atoms with Crippen LogP contribution in [0.4, 0.5) is 0 Å². The first-order valence-electron chi connectivity index (χ1n) is 7.18. The Hall–Kier alpha value is -1.40.